The largest absolute Gasteiger partial charge is 0.492 e. The van der Waals surface area contributed by atoms with Crippen molar-refractivity contribution in [2.45, 2.75) is 65.3 Å². The molecular formula is C19H31NO. The van der Waals surface area contributed by atoms with Crippen molar-refractivity contribution in [1.29, 1.82) is 0 Å². The fourth-order valence-corrected chi connectivity index (χ4v) is 3.17. The second-order valence-corrected chi connectivity index (χ2v) is 6.95. The number of hydrogen-bond acceptors (Lipinski definition) is 2. The maximum atomic E-state index is 5.98. The lowest BCUT2D eigenvalue weighted by atomic mass is 9.87. The van der Waals surface area contributed by atoms with Crippen LogP contribution in [0.3, 0.4) is 0 Å². The smallest absolute Gasteiger partial charge is 0.122 e. The van der Waals surface area contributed by atoms with Crippen molar-refractivity contribution in [3.63, 3.8) is 0 Å². The molecule has 0 saturated heterocycles. The Morgan fingerprint density at radius 2 is 2.10 bits per heavy atom. The van der Waals surface area contributed by atoms with E-state index in [9.17, 15) is 0 Å². The van der Waals surface area contributed by atoms with E-state index in [1.807, 2.05) is 0 Å². The third kappa shape index (κ3) is 5.03. The molecule has 1 fully saturated rings. The van der Waals surface area contributed by atoms with Crippen LogP contribution in [0.2, 0.25) is 0 Å². The van der Waals surface area contributed by atoms with Crippen LogP contribution in [0.15, 0.2) is 18.2 Å². The van der Waals surface area contributed by atoms with Crippen molar-refractivity contribution in [3.05, 3.63) is 29.3 Å². The van der Waals surface area contributed by atoms with Crippen LogP contribution < -0.4 is 10.1 Å². The molecule has 2 nitrogen and oxygen atoms in total. The quantitative estimate of drug-likeness (QED) is 0.769. The highest BCUT2D eigenvalue weighted by Crippen LogP contribution is 2.25. The fourth-order valence-electron chi connectivity index (χ4n) is 3.17. The number of ether oxygens (including phenoxy) is 1. The summed E-state index contributed by atoms with van der Waals surface area (Å²) in [5.41, 5.74) is 2.58. The highest BCUT2D eigenvalue weighted by atomic mass is 16.5. The Morgan fingerprint density at radius 1 is 1.29 bits per heavy atom. The first-order valence-electron chi connectivity index (χ1n) is 8.53. The minimum absolute atomic E-state index is 0.551. The van der Waals surface area contributed by atoms with E-state index in [4.69, 9.17) is 4.74 Å². The van der Waals surface area contributed by atoms with Crippen LogP contribution in [0.4, 0.5) is 0 Å². The summed E-state index contributed by atoms with van der Waals surface area (Å²) >= 11 is 0. The van der Waals surface area contributed by atoms with Gasteiger partial charge < -0.3 is 10.1 Å². The Labute approximate surface area is 130 Å². The lowest BCUT2D eigenvalue weighted by Gasteiger charge is -2.27. The zero-order valence-corrected chi connectivity index (χ0v) is 14.1. The molecule has 1 N–H and O–H groups in total. The number of nitrogens with one attached hydrogen (secondary N) is 1. The van der Waals surface area contributed by atoms with Gasteiger partial charge in [0.25, 0.3) is 0 Å². The molecule has 118 valence electrons. The lowest BCUT2D eigenvalue weighted by Crippen LogP contribution is -2.36. The normalized spacial score (nSPS) is 22.5. The summed E-state index contributed by atoms with van der Waals surface area (Å²) in [6, 6.07) is 7.26. The molecule has 0 aromatic heterocycles. The second-order valence-electron chi connectivity index (χ2n) is 6.95. The van der Waals surface area contributed by atoms with Gasteiger partial charge in [-0.1, -0.05) is 45.7 Å². The minimum atomic E-state index is 0.551. The summed E-state index contributed by atoms with van der Waals surface area (Å²) in [4.78, 5) is 0. The molecule has 0 bridgehead atoms. The van der Waals surface area contributed by atoms with Crippen LogP contribution in [0, 0.1) is 12.8 Å². The maximum Gasteiger partial charge on any atom is 0.122 e. The number of rotatable bonds is 6. The summed E-state index contributed by atoms with van der Waals surface area (Å²) in [6.07, 6.45) is 5.42. The topological polar surface area (TPSA) is 21.3 Å². The SMILES string of the molecule is Cc1ccc(C(C)C)cc1OCCNC1CCCC(C)C1. The van der Waals surface area contributed by atoms with Gasteiger partial charge in [-0.15, -0.1) is 0 Å². The first kappa shape index (κ1) is 16.4. The molecule has 1 aromatic rings. The second kappa shape index (κ2) is 7.84. The van der Waals surface area contributed by atoms with Crippen molar-refractivity contribution >= 4 is 0 Å². The van der Waals surface area contributed by atoms with E-state index in [2.05, 4.69) is 51.2 Å². The molecule has 0 radical (unpaired) electrons. The number of benzene rings is 1. The average molecular weight is 289 g/mol. The lowest BCUT2D eigenvalue weighted by molar-refractivity contribution is 0.265. The van der Waals surface area contributed by atoms with Gasteiger partial charge in [-0.05, 0) is 48.8 Å². The van der Waals surface area contributed by atoms with E-state index in [1.165, 1.54) is 36.8 Å². The number of aryl methyl sites for hydroxylation is 1. The molecule has 0 spiro atoms. The van der Waals surface area contributed by atoms with E-state index in [1.54, 1.807) is 0 Å². The van der Waals surface area contributed by atoms with Gasteiger partial charge in [0.05, 0.1) is 0 Å². The van der Waals surface area contributed by atoms with Gasteiger partial charge >= 0.3 is 0 Å². The van der Waals surface area contributed by atoms with Gasteiger partial charge in [0.1, 0.15) is 12.4 Å². The van der Waals surface area contributed by atoms with Crippen LogP contribution in [-0.2, 0) is 0 Å². The molecule has 0 heterocycles. The fraction of sp³-hybridized carbons (Fsp3) is 0.684. The highest BCUT2D eigenvalue weighted by Gasteiger charge is 2.17. The predicted molar refractivity (Wildman–Crippen MR) is 90.2 cm³/mol. The van der Waals surface area contributed by atoms with E-state index in [0.29, 0.717) is 12.0 Å². The highest BCUT2D eigenvalue weighted by molar-refractivity contribution is 5.37. The molecule has 1 aliphatic carbocycles. The third-order valence-corrected chi connectivity index (χ3v) is 4.61. The molecule has 0 aliphatic heterocycles. The first-order chi connectivity index (χ1) is 10.1. The predicted octanol–water partition coefficient (Wildman–Crippen LogP) is 4.67. The van der Waals surface area contributed by atoms with E-state index in [-0.39, 0.29) is 0 Å². The van der Waals surface area contributed by atoms with E-state index < -0.39 is 0 Å². The summed E-state index contributed by atoms with van der Waals surface area (Å²) < 4.78 is 5.98. The van der Waals surface area contributed by atoms with Gasteiger partial charge in [-0.25, -0.2) is 0 Å². The minimum Gasteiger partial charge on any atom is -0.492 e. The Balaban J connectivity index is 1.76. The van der Waals surface area contributed by atoms with Crippen LogP contribution in [0.5, 0.6) is 5.75 Å². The standard InChI is InChI=1S/C19H31NO/c1-14(2)17-9-8-16(4)19(13-17)21-11-10-20-18-7-5-6-15(3)12-18/h8-9,13-15,18,20H,5-7,10-12H2,1-4H3. The van der Waals surface area contributed by atoms with Gasteiger partial charge in [-0.2, -0.15) is 0 Å². The van der Waals surface area contributed by atoms with Crippen LogP contribution in [0.25, 0.3) is 0 Å². The Morgan fingerprint density at radius 3 is 2.81 bits per heavy atom. The Bertz CT molecular complexity index is 441. The number of hydrogen-bond donors (Lipinski definition) is 1. The monoisotopic (exact) mass is 289 g/mol. The zero-order chi connectivity index (χ0) is 15.2. The van der Waals surface area contributed by atoms with Crippen molar-refractivity contribution in [2.24, 2.45) is 5.92 Å². The third-order valence-electron chi connectivity index (χ3n) is 4.61. The zero-order valence-electron chi connectivity index (χ0n) is 14.1. The first-order valence-corrected chi connectivity index (χ1v) is 8.53. The maximum absolute atomic E-state index is 5.98. The van der Waals surface area contributed by atoms with Crippen molar-refractivity contribution < 1.29 is 4.74 Å². The van der Waals surface area contributed by atoms with Crippen molar-refractivity contribution in [2.75, 3.05) is 13.2 Å². The molecule has 1 aliphatic rings. The molecule has 2 rings (SSSR count). The van der Waals surface area contributed by atoms with Crippen LogP contribution >= 0.6 is 0 Å². The molecule has 1 aromatic carbocycles. The Kier molecular flexibility index (Phi) is 6.10. The molecule has 21 heavy (non-hydrogen) atoms. The van der Waals surface area contributed by atoms with Gasteiger partial charge in [0.15, 0.2) is 0 Å². The summed E-state index contributed by atoms with van der Waals surface area (Å²) in [5.74, 6) is 2.47. The molecule has 0 amide bonds. The molecular weight excluding hydrogens is 258 g/mol. The summed E-state index contributed by atoms with van der Waals surface area (Å²) in [5, 5.41) is 3.65. The van der Waals surface area contributed by atoms with Crippen LogP contribution in [-0.4, -0.2) is 19.2 Å². The van der Waals surface area contributed by atoms with Crippen molar-refractivity contribution in [3.8, 4) is 5.75 Å². The summed E-state index contributed by atoms with van der Waals surface area (Å²) in [6.45, 7) is 10.6. The van der Waals surface area contributed by atoms with Crippen molar-refractivity contribution in [1.82, 2.24) is 5.32 Å². The molecule has 2 unspecified atom stereocenters. The van der Waals surface area contributed by atoms with Gasteiger partial charge in [0.2, 0.25) is 0 Å². The van der Waals surface area contributed by atoms with Gasteiger partial charge in [0, 0.05) is 12.6 Å². The summed E-state index contributed by atoms with van der Waals surface area (Å²) in [7, 11) is 0. The molecule has 2 atom stereocenters. The Hall–Kier alpha value is -1.02. The van der Waals surface area contributed by atoms with Crippen LogP contribution in [0.1, 0.15) is 63.5 Å². The molecule has 1 saturated carbocycles. The van der Waals surface area contributed by atoms with E-state index >= 15 is 0 Å². The van der Waals surface area contributed by atoms with Gasteiger partial charge in [-0.3, -0.25) is 0 Å². The molecule has 2 heteroatoms. The van der Waals surface area contributed by atoms with E-state index in [0.717, 1.165) is 24.8 Å². The average Bonchev–Trinajstić information content (AvgIpc) is 2.45.